The van der Waals surface area contributed by atoms with Gasteiger partial charge in [-0.3, -0.25) is 4.79 Å². The molecule has 1 aromatic heterocycles. The summed E-state index contributed by atoms with van der Waals surface area (Å²) in [6.07, 6.45) is 0. The number of aryl methyl sites for hydroxylation is 1. The minimum Gasteiger partial charge on any atom is -0.481 e. The standard InChI is InChI=1S/C27H24Cl2O3/c1-16-5-12-21-23(13-16)32-25(17-6-9-19(10-7-17)27(2,3)4)26(24(21)30)31-15-18-8-11-20(28)14-22(18)29/h5-14H,15H2,1-4H3. The second-order valence-corrected chi connectivity index (χ2v) is 9.78. The molecular weight excluding hydrogens is 443 g/mol. The summed E-state index contributed by atoms with van der Waals surface area (Å²) in [5.74, 6) is 0.564. The molecule has 32 heavy (non-hydrogen) atoms. The van der Waals surface area contributed by atoms with Gasteiger partial charge < -0.3 is 9.15 Å². The highest BCUT2D eigenvalue weighted by Crippen LogP contribution is 2.34. The maximum Gasteiger partial charge on any atom is 0.235 e. The van der Waals surface area contributed by atoms with E-state index in [1.807, 2.05) is 31.2 Å². The predicted molar refractivity (Wildman–Crippen MR) is 132 cm³/mol. The zero-order valence-electron chi connectivity index (χ0n) is 18.5. The molecule has 0 radical (unpaired) electrons. The van der Waals surface area contributed by atoms with Gasteiger partial charge in [0.25, 0.3) is 0 Å². The van der Waals surface area contributed by atoms with Crippen molar-refractivity contribution in [3.63, 3.8) is 0 Å². The average Bonchev–Trinajstić information content (AvgIpc) is 2.73. The second kappa shape index (κ2) is 8.65. The van der Waals surface area contributed by atoms with E-state index in [0.29, 0.717) is 26.8 Å². The molecule has 5 heteroatoms. The number of fused-ring (bicyclic) bond motifs is 1. The molecule has 0 bridgehead atoms. The summed E-state index contributed by atoms with van der Waals surface area (Å²) in [5.41, 5.74) is 4.04. The topological polar surface area (TPSA) is 39.4 Å². The largest absolute Gasteiger partial charge is 0.481 e. The summed E-state index contributed by atoms with van der Waals surface area (Å²) >= 11 is 12.3. The number of ether oxygens (including phenoxy) is 1. The van der Waals surface area contributed by atoms with E-state index in [4.69, 9.17) is 32.4 Å². The molecule has 3 aromatic carbocycles. The zero-order valence-corrected chi connectivity index (χ0v) is 20.0. The zero-order chi connectivity index (χ0) is 23.0. The van der Waals surface area contributed by atoms with Crippen LogP contribution in [0.4, 0.5) is 0 Å². The van der Waals surface area contributed by atoms with Crippen LogP contribution < -0.4 is 10.2 Å². The molecule has 0 N–H and O–H groups in total. The quantitative estimate of drug-likeness (QED) is 0.306. The van der Waals surface area contributed by atoms with Gasteiger partial charge in [0, 0.05) is 21.2 Å². The lowest BCUT2D eigenvalue weighted by Gasteiger charge is -2.19. The van der Waals surface area contributed by atoms with Gasteiger partial charge in [0.1, 0.15) is 12.2 Å². The van der Waals surface area contributed by atoms with E-state index in [1.165, 1.54) is 5.56 Å². The average molecular weight is 467 g/mol. The molecular formula is C27H24Cl2O3. The summed E-state index contributed by atoms with van der Waals surface area (Å²) in [7, 11) is 0. The minimum atomic E-state index is -0.216. The SMILES string of the molecule is Cc1ccc2c(=O)c(OCc3ccc(Cl)cc3Cl)c(-c3ccc(C(C)(C)C)cc3)oc2c1. The van der Waals surface area contributed by atoms with Crippen LogP contribution in [0.2, 0.25) is 10.0 Å². The normalized spacial score (nSPS) is 11.7. The van der Waals surface area contributed by atoms with Crippen LogP contribution in [0.3, 0.4) is 0 Å². The van der Waals surface area contributed by atoms with Gasteiger partial charge in [-0.15, -0.1) is 0 Å². The third-order valence-electron chi connectivity index (χ3n) is 5.41. The Balaban J connectivity index is 1.83. The summed E-state index contributed by atoms with van der Waals surface area (Å²) in [6.45, 7) is 8.55. The molecule has 1 heterocycles. The van der Waals surface area contributed by atoms with Crippen molar-refractivity contribution >= 4 is 34.2 Å². The van der Waals surface area contributed by atoms with Crippen molar-refractivity contribution in [3.8, 4) is 17.1 Å². The van der Waals surface area contributed by atoms with E-state index in [2.05, 4.69) is 32.9 Å². The first kappa shape index (κ1) is 22.4. The van der Waals surface area contributed by atoms with Crippen LogP contribution in [0, 0.1) is 6.92 Å². The van der Waals surface area contributed by atoms with Crippen LogP contribution in [-0.2, 0) is 12.0 Å². The summed E-state index contributed by atoms with van der Waals surface area (Å²) < 4.78 is 12.3. The number of halogens is 2. The van der Waals surface area contributed by atoms with E-state index in [-0.39, 0.29) is 23.2 Å². The Morgan fingerprint density at radius 2 is 1.66 bits per heavy atom. The smallest absolute Gasteiger partial charge is 0.235 e. The fraction of sp³-hybridized carbons (Fsp3) is 0.222. The number of benzene rings is 3. The van der Waals surface area contributed by atoms with Crippen LogP contribution in [0.25, 0.3) is 22.3 Å². The second-order valence-electron chi connectivity index (χ2n) is 8.94. The van der Waals surface area contributed by atoms with Gasteiger partial charge in [-0.25, -0.2) is 0 Å². The van der Waals surface area contributed by atoms with Crippen LogP contribution >= 0.6 is 23.2 Å². The molecule has 0 unspecified atom stereocenters. The first-order chi connectivity index (χ1) is 15.1. The van der Waals surface area contributed by atoms with Gasteiger partial charge in [-0.2, -0.15) is 0 Å². The van der Waals surface area contributed by atoms with Crippen molar-refractivity contribution in [2.75, 3.05) is 0 Å². The number of hydrogen-bond donors (Lipinski definition) is 0. The number of rotatable bonds is 4. The van der Waals surface area contributed by atoms with Crippen molar-refractivity contribution in [3.05, 3.63) is 97.6 Å². The van der Waals surface area contributed by atoms with Crippen molar-refractivity contribution < 1.29 is 9.15 Å². The highest BCUT2D eigenvalue weighted by molar-refractivity contribution is 6.35. The lowest BCUT2D eigenvalue weighted by Crippen LogP contribution is -2.12. The van der Waals surface area contributed by atoms with Crippen molar-refractivity contribution in [1.82, 2.24) is 0 Å². The first-order valence-corrected chi connectivity index (χ1v) is 11.1. The molecule has 0 aliphatic rings. The Hall–Kier alpha value is -2.75. The third-order valence-corrected chi connectivity index (χ3v) is 5.99. The third kappa shape index (κ3) is 4.55. The van der Waals surface area contributed by atoms with Gasteiger partial charge >= 0.3 is 0 Å². The van der Waals surface area contributed by atoms with Gasteiger partial charge in [0.05, 0.1) is 5.39 Å². The van der Waals surface area contributed by atoms with Crippen LogP contribution in [0.1, 0.15) is 37.5 Å². The molecule has 0 atom stereocenters. The molecule has 164 valence electrons. The Labute approximate surface area is 197 Å². The predicted octanol–water partition coefficient (Wildman–Crippen LogP) is 7.95. The Bertz CT molecular complexity index is 1350. The molecule has 4 rings (SSSR count). The van der Waals surface area contributed by atoms with E-state index >= 15 is 0 Å². The highest BCUT2D eigenvalue weighted by Gasteiger charge is 2.20. The van der Waals surface area contributed by atoms with Crippen LogP contribution in [0.5, 0.6) is 5.75 Å². The molecule has 0 amide bonds. The summed E-state index contributed by atoms with van der Waals surface area (Å²) in [6, 6.07) is 18.7. The van der Waals surface area contributed by atoms with Crippen LogP contribution in [0.15, 0.2) is 69.9 Å². The fourth-order valence-corrected chi connectivity index (χ4v) is 3.98. The van der Waals surface area contributed by atoms with E-state index in [0.717, 1.165) is 16.7 Å². The summed E-state index contributed by atoms with van der Waals surface area (Å²) in [5, 5.41) is 1.50. The Morgan fingerprint density at radius 1 is 0.938 bits per heavy atom. The van der Waals surface area contributed by atoms with E-state index in [1.54, 1.807) is 24.3 Å². The molecule has 0 saturated heterocycles. The van der Waals surface area contributed by atoms with Crippen molar-refractivity contribution in [2.24, 2.45) is 0 Å². The lowest BCUT2D eigenvalue weighted by molar-refractivity contribution is 0.298. The monoisotopic (exact) mass is 466 g/mol. The van der Waals surface area contributed by atoms with Gasteiger partial charge in [0.15, 0.2) is 5.76 Å². The molecule has 0 aliphatic carbocycles. The Kier molecular flexibility index (Phi) is 6.07. The summed E-state index contributed by atoms with van der Waals surface area (Å²) in [4.78, 5) is 13.4. The van der Waals surface area contributed by atoms with Gasteiger partial charge in [-0.05, 0) is 47.7 Å². The maximum atomic E-state index is 13.4. The lowest BCUT2D eigenvalue weighted by atomic mass is 9.86. The highest BCUT2D eigenvalue weighted by atomic mass is 35.5. The minimum absolute atomic E-state index is 0.0184. The van der Waals surface area contributed by atoms with Gasteiger partial charge in [-0.1, -0.05) is 80.4 Å². The first-order valence-electron chi connectivity index (χ1n) is 10.4. The van der Waals surface area contributed by atoms with E-state index in [9.17, 15) is 4.79 Å². The molecule has 0 saturated carbocycles. The van der Waals surface area contributed by atoms with Crippen molar-refractivity contribution in [1.29, 1.82) is 0 Å². The molecule has 0 spiro atoms. The molecule has 0 aliphatic heterocycles. The maximum absolute atomic E-state index is 13.4. The van der Waals surface area contributed by atoms with Crippen LogP contribution in [-0.4, -0.2) is 0 Å². The molecule has 4 aromatic rings. The van der Waals surface area contributed by atoms with E-state index < -0.39 is 0 Å². The number of hydrogen-bond acceptors (Lipinski definition) is 3. The van der Waals surface area contributed by atoms with Crippen molar-refractivity contribution in [2.45, 2.75) is 39.7 Å². The van der Waals surface area contributed by atoms with Gasteiger partial charge in [0.2, 0.25) is 11.2 Å². The fourth-order valence-electron chi connectivity index (χ4n) is 3.51. The molecule has 3 nitrogen and oxygen atoms in total. The molecule has 0 fully saturated rings. The Morgan fingerprint density at radius 3 is 2.31 bits per heavy atom.